The van der Waals surface area contributed by atoms with Gasteiger partial charge < -0.3 is 11.1 Å². The fraction of sp³-hybridized carbons (Fsp3) is 0.455. The van der Waals surface area contributed by atoms with E-state index >= 15 is 0 Å². The smallest absolute Gasteiger partial charge is 0.242 e. The van der Waals surface area contributed by atoms with Gasteiger partial charge in [0.05, 0.1) is 0 Å². The second kappa shape index (κ2) is 10.1. The number of nitrogens with one attached hydrogen (secondary N) is 2. The zero-order chi connectivity index (χ0) is 19.8. The number of amides is 1. The van der Waals surface area contributed by atoms with Crippen LogP contribution in [0.4, 0.5) is 0 Å². The molecular formula is C22H29BrN4O. The first kappa shape index (κ1) is 21.0. The number of halogens is 1. The monoisotopic (exact) mass is 444 g/mol. The molecule has 150 valence electrons. The molecule has 0 radical (unpaired) electrons. The summed E-state index contributed by atoms with van der Waals surface area (Å²) < 4.78 is 0.985. The van der Waals surface area contributed by atoms with E-state index in [1.807, 2.05) is 36.4 Å². The topological polar surface area (TPSA) is 80.0 Å². The van der Waals surface area contributed by atoms with E-state index in [2.05, 4.69) is 31.5 Å². The Bertz CT molecular complexity index is 747. The number of benzene rings is 1. The Kier molecular flexibility index (Phi) is 7.59. The van der Waals surface area contributed by atoms with E-state index in [4.69, 9.17) is 5.73 Å². The van der Waals surface area contributed by atoms with Gasteiger partial charge in [-0.05, 0) is 93.0 Å². The number of carbonyl (C=O) groups excluding carboxylic acids is 1. The first-order valence-corrected chi connectivity index (χ1v) is 10.8. The summed E-state index contributed by atoms with van der Waals surface area (Å²) in [4.78, 5) is 16.8. The van der Waals surface area contributed by atoms with Gasteiger partial charge in [-0.15, -0.1) is 0 Å². The van der Waals surface area contributed by atoms with Crippen molar-refractivity contribution in [3.63, 3.8) is 0 Å². The molecule has 1 aromatic carbocycles. The highest BCUT2D eigenvalue weighted by molar-refractivity contribution is 9.10. The Morgan fingerprint density at radius 1 is 1.18 bits per heavy atom. The second-order valence-corrected chi connectivity index (χ2v) is 8.46. The fourth-order valence-electron chi connectivity index (χ4n) is 3.96. The molecule has 1 aromatic heterocycles. The van der Waals surface area contributed by atoms with Crippen molar-refractivity contribution in [3.05, 3.63) is 64.4 Å². The third-order valence-corrected chi connectivity index (χ3v) is 6.26. The molecule has 1 fully saturated rings. The average Bonchev–Trinajstić information content (AvgIpc) is 2.72. The average molecular weight is 445 g/mol. The molecule has 5 nitrogen and oxygen atoms in total. The molecule has 2 aromatic rings. The first-order chi connectivity index (χ1) is 13.6. The SMILES string of the molecule is NC(=O)C(CCc1ccncc1)(NCCC1CCNCC1)c1ccc(Br)cc1. The lowest BCUT2D eigenvalue weighted by atomic mass is 9.83. The highest BCUT2D eigenvalue weighted by atomic mass is 79.9. The number of nitrogens with zero attached hydrogens (tertiary/aromatic N) is 1. The minimum absolute atomic E-state index is 0.325. The van der Waals surface area contributed by atoms with Crippen molar-refractivity contribution in [3.8, 4) is 0 Å². The number of rotatable bonds is 9. The van der Waals surface area contributed by atoms with Crippen molar-refractivity contribution in [1.29, 1.82) is 0 Å². The lowest BCUT2D eigenvalue weighted by Gasteiger charge is -2.34. The summed E-state index contributed by atoms with van der Waals surface area (Å²) in [7, 11) is 0. The van der Waals surface area contributed by atoms with Crippen LogP contribution in [0.2, 0.25) is 0 Å². The van der Waals surface area contributed by atoms with Gasteiger partial charge in [-0.25, -0.2) is 0 Å². The molecule has 0 aliphatic carbocycles. The van der Waals surface area contributed by atoms with Crippen molar-refractivity contribution in [1.82, 2.24) is 15.6 Å². The van der Waals surface area contributed by atoms with E-state index in [1.54, 1.807) is 12.4 Å². The van der Waals surface area contributed by atoms with Gasteiger partial charge in [0.15, 0.2) is 0 Å². The summed E-state index contributed by atoms with van der Waals surface area (Å²) in [6.07, 6.45) is 8.38. The number of nitrogens with two attached hydrogens (primary N) is 1. The Balaban J connectivity index is 1.77. The summed E-state index contributed by atoms with van der Waals surface area (Å²) in [6.45, 7) is 2.95. The van der Waals surface area contributed by atoms with Crippen LogP contribution in [0.3, 0.4) is 0 Å². The molecule has 2 heterocycles. The van der Waals surface area contributed by atoms with Crippen LogP contribution in [0, 0.1) is 5.92 Å². The van der Waals surface area contributed by atoms with Crippen LogP contribution in [-0.2, 0) is 16.8 Å². The van der Waals surface area contributed by atoms with Crippen LogP contribution >= 0.6 is 15.9 Å². The van der Waals surface area contributed by atoms with Gasteiger partial charge in [0, 0.05) is 16.9 Å². The minimum atomic E-state index is -0.878. The molecule has 1 saturated heterocycles. The van der Waals surface area contributed by atoms with Gasteiger partial charge in [-0.1, -0.05) is 28.1 Å². The number of primary amides is 1. The molecule has 1 aliphatic rings. The summed E-state index contributed by atoms with van der Waals surface area (Å²) in [5.41, 5.74) is 7.18. The van der Waals surface area contributed by atoms with Crippen LogP contribution in [0.25, 0.3) is 0 Å². The molecule has 1 unspecified atom stereocenters. The fourth-order valence-corrected chi connectivity index (χ4v) is 4.23. The van der Waals surface area contributed by atoms with Crippen LogP contribution in [0.1, 0.15) is 36.8 Å². The molecular weight excluding hydrogens is 416 g/mol. The summed E-state index contributed by atoms with van der Waals surface area (Å²) in [5, 5.41) is 6.97. The van der Waals surface area contributed by atoms with Gasteiger partial charge in [-0.2, -0.15) is 0 Å². The van der Waals surface area contributed by atoms with Crippen molar-refractivity contribution in [2.24, 2.45) is 11.7 Å². The van der Waals surface area contributed by atoms with E-state index in [-0.39, 0.29) is 5.91 Å². The van der Waals surface area contributed by atoms with E-state index in [1.165, 1.54) is 12.8 Å². The third kappa shape index (κ3) is 5.40. The summed E-state index contributed by atoms with van der Waals surface area (Å²) >= 11 is 3.48. The molecule has 3 rings (SSSR count). The number of piperidine rings is 1. The van der Waals surface area contributed by atoms with E-state index in [9.17, 15) is 4.79 Å². The van der Waals surface area contributed by atoms with Gasteiger partial charge in [0.25, 0.3) is 0 Å². The van der Waals surface area contributed by atoms with Crippen molar-refractivity contribution in [2.45, 2.75) is 37.6 Å². The van der Waals surface area contributed by atoms with Gasteiger partial charge in [-0.3, -0.25) is 15.1 Å². The maximum absolute atomic E-state index is 12.7. The molecule has 1 aliphatic heterocycles. The van der Waals surface area contributed by atoms with E-state index in [0.29, 0.717) is 12.3 Å². The number of pyridine rings is 1. The Morgan fingerprint density at radius 3 is 2.50 bits per heavy atom. The van der Waals surface area contributed by atoms with Crippen LogP contribution < -0.4 is 16.4 Å². The summed E-state index contributed by atoms with van der Waals surface area (Å²) in [6, 6.07) is 11.9. The van der Waals surface area contributed by atoms with Gasteiger partial charge in [0.1, 0.15) is 5.54 Å². The Morgan fingerprint density at radius 2 is 1.86 bits per heavy atom. The van der Waals surface area contributed by atoms with Gasteiger partial charge in [0.2, 0.25) is 5.91 Å². The molecule has 4 N–H and O–H groups in total. The number of aromatic nitrogens is 1. The quantitative estimate of drug-likeness (QED) is 0.554. The molecule has 0 saturated carbocycles. The molecule has 0 bridgehead atoms. The van der Waals surface area contributed by atoms with Crippen molar-refractivity contribution >= 4 is 21.8 Å². The number of hydrogen-bond donors (Lipinski definition) is 3. The minimum Gasteiger partial charge on any atom is -0.368 e. The maximum atomic E-state index is 12.7. The van der Waals surface area contributed by atoms with Crippen LogP contribution in [-0.4, -0.2) is 30.5 Å². The normalized spacial score (nSPS) is 17.2. The maximum Gasteiger partial charge on any atom is 0.242 e. The number of carbonyl (C=O) groups is 1. The predicted octanol–water partition coefficient (Wildman–Crippen LogP) is 3.14. The van der Waals surface area contributed by atoms with E-state index < -0.39 is 5.54 Å². The Labute approximate surface area is 175 Å². The largest absolute Gasteiger partial charge is 0.368 e. The molecule has 0 spiro atoms. The predicted molar refractivity (Wildman–Crippen MR) is 116 cm³/mol. The zero-order valence-corrected chi connectivity index (χ0v) is 17.7. The van der Waals surface area contributed by atoms with Gasteiger partial charge >= 0.3 is 0 Å². The second-order valence-electron chi connectivity index (χ2n) is 7.54. The first-order valence-electron chi connectivity index (χ1n) is 10.0. The standard InChI is InChI=1S/C22H29BrN4O/c23-20-3-1-19(2-4-20)22(21(24)28,11-5-17-6-12-25-13-7-17)27-16-10-18-8-14-26-15-9-18/h1-4,6-7,12-13,18,26-27H,5,8-11,14-16H2,(H2,24,28). The molecule has 28 heavy (non-hydrogen) atoms. The molecule has 1 amide bonds. The lowest BCUT2D eigenvalue weighted by Crippen LogP contribution is -2.53. The number of hydrogen-bond acceptors (Lipinski definition) is 4. The summed E-state index contributed by atoms with van der Waals surface area (Å²) in [5.74, 6) is 0.374. The highest BCUT2D eigenvalue weighted by Crippen LogP contribution is 2.29. The molecule has 1 atom stereocenters. The zero-order valence-electron chi connectivity index (χ0n) is 16.2. The lowest BCUT2D eigenvalue weighted by molar-refractivity contribution is -0.125. The third-order valence-electron chi connectivity index (χ3n) is 5.73. The van der Waals surface area contributed by atoms with Crippen molar-refractivity contribution in [2.75, 3.05) is 19.6 Å². The van der Waals surface area contributed by atoms with Crippen LogP contribution in [0.5, 0.6) is 0 Å². The molecule has 6 heteroatoms. The highest BCUT2D eigenvalue weighted by Gasteiger charge is 2.37. The number of aryl methyl sites for hydroxylation is 1. The Hall–Kier alpha value is -1.76. The van der Waals surface area contributed by atoms with Crippen LogP contribution in [0.15, 0.2) is 53.3 Å². The van der Waals surface area contributed by atoms with E-state index in [0.717, 1.165) is 48.1 Å². The van der Waals surface area contributed by atoms with Crippen molar-refractivity contribution < 1.29 is 4.79 Å².